The van der Waals surface area contributed by atoms with Gasteiger partial charge in [-0.3, -0.25) is 9.69 Å². The van der Waals surface area contributed by atoms with Gasteiger partial charge in [0.15, 0.2) is 5.78 Å². The van der Waals surface area contributed by atoms with Gasteiger partial charge in [0.25, 0.3) is 0 Å². The van der Waals surface area contributed by atoms with Crippen LogP contribution in [-0.2, 0) is 0 Å². The predicted octanol–water partition coefficient (Wildman–Crippen LogP) is 2.56. The molecule has 116 valence electrons. The molecule has 1 aliphatic rings. The largest absolute Gasteiger partial charge is 0.495 e. The molecule has 21 heavy (non-hydrogen) atoms. The van der Waals surface area contributed by atoms with Crippen molar-refractivity contribution in [3.63, 3.8) is 0 Å². The summed E-state index contributed by atoms with van der Waals surface area (Å²) in [6.07, 6.45) is 1.18. The minimum absolute atomic E-state index is 0.114. The first kappa shape index (κ1) is 16.3. The lowest BCUT2D eigenvalue weighted by atomic mass is 10.1. The maximum Gasteiger partial charge on any atom is 0.176 e. The van der Waals surface area contributed by atoms with E-state index in [4.69, 9.17) is 16.3 Å². The monoisotopic (exact) mass is 310 g/mol. The fourth-order valence-electron chi connectivity index (χ4n) is 2.62. The Morgan fingerprint density at radius 3 is 2.48 bits per heavy atom. The summed E-state index contributed by atoms with van der Waals surface area (Å²) >= 11 is 6.07. The number of Topliss-reactive ketones (excluding diaryl/α,β-unsaturated/α-hetero) is 1. The molecule has 5 heteroatoms. The van der Waals surface area contributed by atoms with Crippen LogP contribution in [-0.4, -0.2) is 62.0 Å². The third-order valence-corrected chi connectivity index (χ3v) is 4.14. The van der Waals surface area contributed by atoms with Gasteiger partial charge in [-0.15, -0.1) is 0 Å². The number of carbonyl (C=O) groups excluding carboxylic acids is 1. The average molecular weight is 311 g/mol. The summed E-state index contributed by atoms with van der Waals surface area (Å²) in [4.78, 5) is 17.0. The number of carbonyl (C=O) groups is 1. The molecule has 4 nitrogen and oxygen atoms in total. The van der Waals surface area contributed by atoms with Crippen molar-refractivity contribution < 1.29 is 9.53 Å². The molecule has 0 bridgehead atoms. The summed E-state index contributed by atoms with van der Waals surface area (Å²) in [5.41, 5.74) is 0.650. The first-order valence-corrected chi connectivity index (χ1v) is 7.83. The van der Waals surface area contributed by atoms with Gasteiger partial charge >= 0.3 is 0 Å². The standard InChI is InChI=1S/C16H23ClN2O2/c1-3-6-18-7-9-19(10-8-18)12-15(20)13-4-5-16(21-2)14(17)11-13/h4-5,11H,3,6-10,12H2,1-2H3. The van der Waals surface area contributed by atoms with E-state index in [-0.39, 0.29) is 5.78 Å². The number of nitrogens with zero attached hydrogens (tertiary/aromatic N) is 2. The normalized spacial score (nSPS) is 16.9. The molecule has 0 radical (unpaired) electrons. The minimum Gasteiger partial charge on any atom is -0.495 e. The van der Waals surface area contributed by atoms with Gasteiger partial charge in [-0.05, 0) is 31.2 Å². The van der Waals surface area contributed by atoms with Crippen LogP contribution in [0.2, 0.25) is 5.02 Å². The number of hydrogen-bond acceptors (Lipinski definition) is 4. The molecule has 1 saturated heterocycles. The molecular formula is C16H23ClN2O2. The van der Waals surface area contributed by atoms with E-state index in [9.17, 15) is 4.79 Å². The third-order valence-electron chi connectivity index (χ3n) is 3.85. The summed E-state index contributed by atoms with van der Waals surface area (Å²) in [5, 5.41) is 0.483. The SMILES string of the molecule is CCCN1CCN(CC(=O)c2ccc(OC)c(Cl)c2)CC1. The van der Waals surface area contributed by atoms with Gasteiger partial charge in [-0.1, -0.05) is 18.5 Å². The van der Waals surface area contributed by atoms with Crippen LogP contribution in [0.4, 0.5) is 0 Å². The first-order chi connectivity index (χ1) is 10.1. The topological polar surface area (TPSA) is 32.8 Å². The number of hydrogen-bond donors (Lipinski definition) is 0. The maximum absolute atomic E-state index is 12.3. The Morgan fingerprint density at radius 1 is 1.24 bits per heavy atom. The Balaban J connectivity index is 1.89. The van der Waals surface area contributed by atoms with Crippen molar-refractivity contribution in [1.29, 1.82) is 0 Å². The van der Waals surface area contributed by atoms with E-state index in [1.165, 1.54) is 6.42 Å². The van der Waals surface area contributed by atoms with Crippen molar-refractivity contribution >= 4 is 17.4 Å². The molecule has 0 atom stereocenters. The highest BCUT2D eigenvalue weighted by Gasteiger charge is 2.19. The molecule has 0 N–H and O–H groups in total. The molecule has 1 aromatic rings. The molecule has 0 saturated carbocycles. The van der Waals surface area contributed by atoms with Crippen LogP contribution >= 0.6 is 11.6 Å². The second kappa shape index (κ2) is 7.78. The van der Waals surface area contributed by atoms with Gasteiger partial charge in [0, 0.05) is 31.7 Å². The lowest BCUT2D eigenvalue weighted by Gasteiger charge is -2.34. The van der Waals surface area contributed by atoms with Crippen molar-refractivity contribution in [2.45, 2.75) is 13.3 Å². The van der Waals surface area contributed by atoms with Crippen LogP contribution < -0.4 is 4.74 Å². The van der Waals surface area contributed by atoms with Gasteiger partial charge in [0.05, 0.1) is 18.7 Å². The van der Waals surface area contributed by atoms with E-state index in [2.05, 4.69) is 16.7 Å². The summed E-state index contributed by atoms with van der Waals surface area (Å²) in [5.74, 6) is 0.713. The highest BCUT2D eigenvalue weighted by molar-refractivity contribution is 6.32. The summed E-state index contributed by atoms with van der Waals surface area (Å²) in [6, 6.07) is 5.21. The second-order valence-electron chi connectivity index (χ2n) is 5.39. The molecule has 1 fully saturated rings. The van der Waals surface area contributed by atoms with Gasteiger partial charge < -0.3 is 9.64 Å². The van der Waals surface area contributed by atoms with Gasteiger partial charge in [-0.25, -0.2) is 0 Å². The quantitative estimate of drug-likeness (QED) is 0.756. The van der Waals surface area contributed by atoms with E-state index in [1.807, 2.05) is 0 Å². The van der Waals surface area contributed by atoms with Crippen LogP contribution in [0, 0.1) is 0 Å². The molecule has 0 unspecified atom stereocenters. The van der Waals surface area contributed by atoms with Crippen molar-refractivity contribution in [1.82, 2.24) is 9.80 Å². The Labute approximate surface area is 131 Å². The zero-order valence-corrected chi connectivity index (χ0v) is 13.5. The highest BCUT2D eigenvalue weighted by atomic mass is 35.5. The number of methoxy groups -OCH3 is 1. The fraction of sp³-hybridized carbons (Fsp3) is 0.562. The molecule has 2 rings (SSSR count). The van der Waals surface area contributed by atoms with Crippen LogP contribution in [0.25, 0.3) is 0 Å². The van der Waals surface area contributed by atoms with Crippen molar-refractivity contribution in [2.75, 3.05) is 46.4 Å². The predicted molar refractivity (Wildman–Crippen MR) is 85.5 cm³/mol. The molecule has 1 heterocycles. The van der Waals surface area contributed by atoms with E-state index >= 15 is 0 Å². The van der Waals surface area contributed by atoms with Crippen molar-refractivity contribution in [3.8, 4) is 5.75 Å². The van der Waals surface area contributed by atoms with Crippen LogP contribution in [0.1, 0.15) is 23.7 Å². The molecular weight excluding hydrogens is 288 g/mol. The lowest BCUT2D eigenvalue weighted by molar-refractivity contribution is 0.0853. The van der Waals surface area contributed by atoms with Gasteiger partial charge in [0.1, 0.15) is 5.75 Å². The lowest BCUT2D eigenvalue weighted by Crippen LogP contribution is -2.47. The number of halogens is 1. The van der Waals surface area contributed by atoms with Gasteiger partial charge in [-0.2, -0.15) is 0 Å². The Kier molecular flexibility index (Phi) is 6.03. The van der Waals surface area contributed by atoms with E-state index in [1.54, 1.807) is 25.3 Å². The first-order valence-electron chi connectivity index (χ1n) is 7.45. The zero-order valence-electron chi connectivity index (χ0n) is 12.8. The van der Waals surface area contributed by atoms with E-state index in [0.29, 0.717) is 22.9 Å². The highest BCUT2D eigenvalue weighted by Crippen LogP contribution is 2.25. The molecule has 1 aliphatic heterocycles. The van der Waals surface area contributed by atoms with Gasteiger partial charge in [0.2, 0.25) is 0 Å². The van der Waals surface area contributed by atoms with Crippen LogP contribution in [0.5, 0.6) is 5.75 Å². The number of rotatable bonds is 6. The molecule has 0 amide bonds. The molecule has 0 spiro atoms. The number of ether oxygens (including phenoxy) is 1. The third kappa shape index (κ3) is 4.43. The van der Waals surface area contributed by atoms with E-state index in [0.717, 1.165) is 32.7 Å². The Bertz CT molecular complexity index is 485. The second-order valence-corrected chi connectivity index (χ2v) is 5.80. The maximum atomic E-state index is 12.3. The fourth-order valence-corrected chi connectivity index (χ4v) is 2.88. The van der Waals surface area contributed by atoms with Crippen molar-refractivity contribution in [3.05, 3.63) is 28.8 Å². The van der Waals surface area contributed by atoms with Crippen molar-refractivity contribution in [2.24, 2.45) is 0 Å². The smallest absolute Gasteiger partial charge is 0.176 e. The number of ketones is 1. The molecule has 0 aromatic heterocycles. The number of benzene rings is 1. The summed E-state index contributed by atoms with van der Waals surface area (Å²) in [7, 11) is 1.57. The Morgan fingerprint density at radius 2 is 1.90 bits per heavy atom. The molecule has 0 aliphatic carbocycles. The minimum atomic E-state index is 0.114. The Hall–Kier alpha value is -1.10. The van der Waals surface area contributed by atoms with Crippen LogP contribution in [0.3, 0.4) is 0 Å². The zero-order chi connectivity index (χ0) is 15.2. The number of piperazine rings is 1. The summed E-state index contributed by atoms with van der Waals surface area (Å²) < 4.78 is 5.11. The summed E-state index contributed by atoms with van der Waals surface area (Å²) in [6.45, 7) is 7.81. The van der Waals surface area contributed by atoms with E-state index < -0.39 is 0 Å². The molecule has 1 aromatic carbocycles. The average Bonchev–Trinajstić information content (AvgIpc) is 2.49. The van der Waals surface area contributed by atoms with Crippen LogP contribution in [0.15, 0.2) is 18.2 Å².